The van der Waals surface area contributed by atoms with Gasteiger partial charge in [0.1, 0.15) is 11.9 Å². The van der Waals surface area contributed by atoms with Crippen molar-refractivity contribution in [2.75, 3.05) is 22.7 Å². The second-order valence-electron chi connectivity index (χ2n) is 7.78. The average Bonchev–Trinajstić information content (AvgIpc) is 3.09. The molecule has 1 atom stereocenters. The predicted octanol–water partition coefficient (Wildman–Crippen LogP) is 3.55. The Bertz CT molecular complexity index is 1100. The number of nitrogens with one attached hydrogen (secondary N) is 1. The molecule has 4 rings (SSSR count). The summed E-state index contributed by atoms with van der Waals surface area (Å²) in [5.41, 5.74) is 7.48. The molecule has 0 aromatic heterocycles. The number of primary amides is 1. The van der Waals surface area contributed by atoms with Crippen LogP contribution >= 0.6 is 11.6 Å². The van der Waals surface area contributed by atoms with E-state index in [1.807, 2.05) is 6.92 Å². The average molecular weight is 450 g/mol. The van der Waals surface area contributed by atoms with E-state index in [-0.39, 0.29) is 21.6 Å². The number of piperidine rings is 1. The van der Waals surface area contributed by atoms with E-state index < -0.39 is 15.9 Å². The van der Waals surface area contributed by atoms with E-state index in [2.05, 4.69) is 9.62 Å². The predicted molar refractivity (Wildman–Crippen MR) is 117 cm³/mol. The van der Waals surface area contributed by atoms with Gasteiger partial charge in [0.15, 0.2) is 0 Å². The molecule has 2 aromatic carbocycles. The summed E-state index contributed by atoms with van der Waals surface area (Å²) in [5, 5.41) is 0.263. The van der Waals surface area contributed by atoms with Gasteiger partial charge in [0.25, 0.3) is 10.0 Å². The van der Waals surface area contributed by atoms with Crippen molar-refractivity contribution in [3.8, 4) is 5.75 Å². The quantitative estimate of drug-likeness (QED) is 0.726. The maximum Gasteiger partial charge on any atom is 0.262 e. The molecule has 0 saturated carbocycles. The highest BCUT2D eigenvalue weighted by Crippen LogP contribution is 2.39. The van der Waals surface area contributed by atoms with Crippen LogP contribution in [0.2, 0.25) is 5.02 Å². The van der Waals surface area contributed by atoms with Crippen molar-refractivity contribution in [2.45, 2.75) is 43.6 Å². The number of benzene rings is 2. The standard InChI is InChI=1S/C21H24ClN3O4S/c1-13-9-15-10-16(12-17(22)20(15)29-13)30(27,28)24-18-11-14(21(23)26)5-6-19(18)25-7-3-2-4-8-25/h5-6,10-13,24H,2-4,7-9H2,1H3,(H2,23,26). The second kappa shape index (κ2) is 8.00. The number of nitrogens with zero attached hydrogens (tertiary/aromatic N) is 1. The van der Waals surface area contributed by atoms with E-state index in [0.29, 0.717) is 17.9 Å². The van der Waals surface area contributed by atoms with Crippen LogP contribution in [0, 0.1) is 0 Å². The molecule has 0 bridgehead atoms. The largest absolute Gasteiger partial charge is 0.489 e. The summed E-state index contributed by atoms with van der Waals surface area (Å²) in [4.78, 5) is 13.9. The summed E-state index contributed by atoms with van der Waals surface area (Å²) < 4.78 is 34.7. The monoisotopic (exact) mass is 449 g/mol. The Labute approximate surface area is 181 Å². The lowest BCUT2D eigenvalue weighted by atomic mass is 10.1. The summed E-state index contributed by atoms with van der Waals surface area (Å²) in [5.74, 6) is -0.0831. The summed E-state index contributed by atoms with van der Waals surface area (Å²) in [7, 11) is -3.95. The van der Waals surface area contributed by atoms with Crippen LogP contribution in [0.5, 0.6) is 5.75 Å². The molecular weight excluding hydrogens is 426 g/mol. The van der Waals surface area contributed by atoms with E-state index in [0.717, 1.165) is 43.6 Å². The highest BCUT2D eigenvalue weighted by Gasteiger charge is 2.27. The van der Waals surface area contributed by atoms with Crippen molar-refractivity contribution in [1.29, 1.82) is 0 Å². The molecule has 1 saturated heterocycles. The number of anilines is 2. The lowest BCUT2D eigenvalue weighted by molar-refractivity contribution is 0.100. The number of carbonyl (C=O) groups is 1. The van der Waals surface area contributed by atoms with Gasteiger partial charge < -0.3 is 15.4 Å². The highest BCUT2D eigenvalue weighted by molar-refractivity contribution is 7.92. The van der Waals surface area contributed by atoms with Crippen molar-refractivity contribution in [3.63, 3.8) is 0 Å². The van der Waals surface area contributed by atoms with Crippen LogP contribution < -0.4 is 20.1 Å². The van der Waals surface area contributed by atoms with Crippen LogP contribution in [0.4, 0.5) is 11.4 Å². The van der Waals surface area contributed by atoms with Crippen molar-refractivity contribution in [1.82, 2.24) is 0 Å². The van der Waals surface area contributed by atoms with Gasteiger partial charge in [0.2, 0.25) is 5.91 Å². The van der Waals surface area contributed by atoms with Gasteiger partial charge in [-0.1, -0.05) is 11.6 Å². The number of carbonyl (C=O) groups excluding carboxylic acids is 1. The normalized spacial score (nSPS) is 18.6. The zero-order chi connectivity index (χ0) is 21.5. The Morgan fingerprint density at radius 2 is 1.93 bits per heavy atom. The lowest BCUT2D eigenvalue weighted by Crippen LogP contribution is -2.30. The molecule has 2 heterocycles. The van der Waals surface area contributed by atoms with Gasteiger partial charge in [-0.25, -0.2) is 8.42 Å². The zero-order valence-corrected chi connectivity index (χ0v) is 18.2. The number of hydrogen-bond donors (Lipinski definition) is 2. The minimum atomic E-state index is -3.95. The third-order valence-corrected chi connectivity index (χ3v) is 7.08. The number of hydrogen-bond acceptors (Lipinski definition) is 5. The number of halogens is 1. The maximum atomic E-state index is 13.2. The van der Waals surface area contributed by atoms with E-state index in [1.165, 1.54) is 12.1 Å². The molecule has 1 unspecified atom stereocenters. The lowest BCUT2D eigenvalue weighted by Gasteiger charge is -2.30. The molecule has 0 spiro atoms. The van der Waals surface area contributed by atoms with Gasteiger partial charge in [0, 0.05) is 30.6 Å². The highest BCUT2D eigenvalue weighted by atomic mass is 35.5. The molecule has 3 N–H and O–H groups in total. The number of sulfonamides is 1. The molecule has 30 heavy (non-hydrogen) atoms. The first-order valence-electron chi connectivity index (χ1n) is 9.95. The van der Waals surface area contributed by atoms with Crippen molar-refractivity contribution >= 4 is 38.9 Å². The molecule has 160 valence electrons. The zero-order valence-electron chi connectivity index (χ0n) is 16.7. The van der Waals surface area contributed by atoms with Crippen LogP contribution in [-0.4, -0.2) is 33.5 Å². The molecule has 2 aromatic rings. The summed E-state index contributed by atoms with van der Waals surface area (Å²) in [6, 6.07) is 7.83. The molecule has 2 aliphatic heterocycles. The van der Waals surface area contributed by atoms with Gasteiger partial charge in [0.05, 0.1) is 21.3 Å². The van der Waals surface area contributed by atoms with Gasteiger partial charge in [-0.3, -0.25) is 9.52 Å². The van der Waals surface area contributed by atoms with Gasteiger partial charge in [-0.05, 0) is 56.5 Å². The molecule has 1 amide bonds. The third kappa shape index (κ3) is 4.06. The molecule has 1 fully saturated rings. The molecule has 7 nitrogen and oxygen atoms in total. The van der Waals surface area contributed by atoms with Crippen LogP contribution in [-0.2, 0) is 16.4 Å². The number of amides is 1. The number of ether oxygens (including phenoxy) is 1. The van der Waals surface area contributed by atoms with Crippen molar-refractivity contribution < 1.29 is 17.9 Å². The first-order valence-corrected chi connectivity index (χ1v) is 11.8. The Morgan fingerprint density at radius 1 is 1.20 bits per heavy atom. The maximum absolute atomic E-state index is 13.2. The Balaban J connectivity index is 1.72. The minimum absolute atomic E-state index is 0.0537. The Kier molecular flexibility index (Phi) is 5.55. The molecule has 9 heteroatoms. The number of nitrogens with two attached hydrogens (primary N) is 1. The van der Waals surface area contributed by atoms with E-state index in [4.69, 9.17) is 22.1 Å². The molecular formula is C21H24ClN3O4S. The SMILES string of the molecule is CC1Cc2cc(S(=O)(=O)Nc3cc(C(N)=O)ccc3N3CCCCC3)cc(Cl)c2O1. The first-order chi connectivity index (χ1) is 14.2. The Morgan fingerprint density at radius 3 is 2.63 bits per heavy atom. The second-order valence-corrected chi connectivity index (χ2v) is 9.86. The smallest absolute Gasteiger partial charge is 0.262 e. The van der Waals surface area contributed by atoms with Crippen LogP contribution in [0.3, 0.4) is 0 Å². The van der Waals surface area contributed by atoms with E-state index in [9.17, 15) is 13.2 Å². The Hall–Kier alpha value is -2.45. The first kappa shape index (κ1) is 20.8. The van der Waals surface area contributed by atoms with E-state index >= 15 is 0 Å². The molecule has 0 aliphatic carbocycles. The minimum Gasteiger partial charge on any atom is -0.489 e. The fourth-order valence-corrected chi connectivity index (χ4v) is 5.49. The summed E-state index contributed by atoms with van der Waals surface area (Å²) >= 11 is 6.28. The third-order valence-electron chi connectivity index (χ3n) is 5.45. The van der Waals surface area contributed by atoms with Crippen LogP contribution in [0.25, 0.3) is 0 Å². The van der Waals surface area contributed by atoms with Gasteiger partial charge in [-0.2, -0.15) is 0 Å². The van der Waals surface area contributed by atoms with E-state index in [1.54, 1.807) is 18.2 Å². The fraction of sp³-hybridized carbons (Fsp3) is 0.381. The van der Waals surface area contributed by atoms with Crippen LogP contribution in [0.15, 0.2) is 35.2 Å². The summed E-state index contributed by atoms with van der Waals surface area (Å²) in [6.07, 6.45) is 3.74. The van der Waals surface area contributed by atoms with Crippen molar-refractivity contribution in [2.24, 2.45) is 5.73 Å². The topological polar surface area (TPSA) is 102 Å². The number of rotatable bonds is 5. The molecule has 0 radical (unpaired) electrons. The van der Waals surface area contributed by atoms with Crippen LogP contribution in [0.1, 0.15) is 42.1 Å². The summed E-state index contributed by atoms with van der Waals surface area (Å²) in [6.45, 7) is 3.55. The van der Waals surface area contributed by atoms with Gasteiger partial charge >= 0.3 is 0 Å². The van der Waals surface area contributed by atoms with Gasteiger partial charge in [-0.15, -0.1) is 0 Å². The fourth-order valence-electron chi connectivity index (χ4n) is 4.00. The molecule has 2 aliphatic rings. The van der Waals surface area contributed by atoms with Crippen molar-refractivity contribution in [3.05, 3.63) is 46.5 Å². The number of fused-ring (bicyclic) bond motifs is 1.